The number of aromatic nitrogens is 3. The molecule has 0 bridgehead atoms. The molecule has 0 fully saturated rings. The highest BCUT2D eigenvalue weighted by Crippen LogP contribution is 2.24. The van der Waals surface area contributed by atoms with Crippen molar-refractivity contribution in [3.63, 3.8) is 0 Å². The number of thioether (sulfide) groups is 1. The summed E-state index contributed by atoms with van der Waals surface area (Å²) in [5.41, 5.74) is 1.30. The lowest BCUT2D eigenvalue weighted by atomic mass is 10.3. The van der Waals surface area contributed by atoms with Crippen molar-refractivity contribution in [3.8, 4) is 0 Å². The van der Waals surface area contributed by atoms with Gasteiger partial charge in [0.1, 0.15) is 17.2 Å². The first kappa shape index (κ1) is 19.5. The fourth-order valence-corrected chi connectivity index (χ4v) is 4.13. The lowest BCUT2D eigenvalue weighted by molar-refractivity contribution is -0.885. The molecule has 1 amide bonds. The molecule has 27 heavy (non-hydrogen) atoms. The van der Waals surface area contributed by atoms with Gasteiger partial charge in [0.2, 0.25) is 4.96 Å². The Morgan fingerprint density at radius 3 is 2.89 bits per heavy atom. The summed E-state index contributed by atoms with van der Waals surface area (Å²) in [5, 5.41) is 8.08. The zero-order chi connectivity index (χ0) is 19.4. The molecule has 0 saturated carbocycles. The molecule has 0 aliphatic heterocycles. The Balaban J connectivity index is 1.66. The summed E-state index contributed by atoms with van der Waals surface area (Å²) >= 11 is 3.01. The zero-order valence-corrected chi connectivity index (χ0v) is 17.1. The number of para-hydroxylation sites is 1. The number of quaternary nitrogens is 1. The Kier molecular flexibility index (Phi) is 6.25. The molecule has 142 valence electrons. The number of nitrogens with one attached hydrogen (secondary N) is 2. The van der Waals surface area contributed by atoms with E-state index in [4.69, 9.17) is 0 Å². The van der Waals surface area contributed by atoms with Crippen molar-refractivity contribution >= 4 is 39.7 Å². The largest absolute Gasteiger partial charge is 0.325 e. The van der Waals surface area contributed by atoms with Gasteiger partial charge in [-0.2, -0.15) is 9.61 Å². The second-order valence-corrected chi connectivity index (χ2v) is 8.08. The van der Waals surface area contributed by atoms with Gasteiger partial charge >= 0.3 is 0 Å². The number of rotatable bonds is 7. The van der Waals surface area contributed by atoms with Crippen molar-refractivity contribution in [2.45, 2.75) is 24.8 Å². The minimum absolute atomic E-state index is 0.0714. The van der Waals surface area contributed by atoms with E-state index < -0.39 is 0 Å². The van der Waals surface area contributed by atoms with Crippen LogP contribution in [-0.4, -0.2) is 40.4 Å². The van der Waals surface area contributed by atoms with Crippen molar-refractivity contribution in [2.24, 2.45) is 0 Å². The highest BCUT2D eigenvalue weighted by Gasteiger charge is 2.15. The van der Waals surface area contributed by atoms with E-state index in [1.165, 1.54) is 21.9 Å². The average Bonchev–Trinajstić information content (AvgIpc) is 3.05. The van der Waals surface area contributed by atoms with Gasteiger partial charge in [0.05, 0.1) is 12.7 Å². The van der Waals surface area contributed by atoms with E-state index >= 15 is 0 Å². The molecular weight excluding hydrogens is 382 g/mol. The predicted octanol–water partition coefficient (Wildman–Crippen LogP) is 1.09. The van der Waals surface area contributed by atoms with Gasteiger partial charge in [-0.3, -0.25) is 9.59 Å². The Morgan fingerprint density at radius 1 is 1.37 bits per heavy atom. The molecule has 1 aromatic carbocycles. The van der Waals surface area contributed by atoms with Crippen molar-refractivity contribution in [1.29, 1.82) is 0 Å². The molecule has 0 spiro atoms. The number of hydrogen-bond donors (Lipinski definition) is 2. The van der Waals surface area contributed by atoms with Crippen LogP contribution in [0.4, 0.5) is 5.69 Å². The van der Waals surface area contributed by atoms with E-state index in [0.29, 0.717) is 17.2 Å². The van der Waals surface area contributed by atoms with Crippen molar-refractivity contribution in [3.05, 3.63) is 51.4 Å². The summed E-state index contributed by atoms with van der Waals surface area (Å²) in [5.74, 6) is -0.0714. The topological polar surface area (TPSA) is 80.8 Å². The number of carbonyl (C=O) groups excluding carboxylic acids is 1. The smallest absolute Gasteiger partial charge is 0.279 e. The van der Waals surface area contributed by atoms with Crippen LogP contribution in [0.1, 0.15) is 17.6 Å². The van der Waals surface area contributed by atoms with Crippen molar-refractivity contribution in [1.82, 2.24) is 14.6 Å². The van der Waals surface area contributed by atoms with E-state index in [1.807, 2.05) is 44.5 Å². The molecule has 0 aliphatic carbocycles. The van der Waals surface area contributed by atoms with Crippen molar-refractivity contribution < 1.29 is 9.69 Å². The van der Waals surface area contributed by atoms with Gasteiger partial charge in [0.15, 0.2) is 6.54 Å². The standard InChI is InChI=1S/C18H21N5O2S2/c1-4-16-21-23-17(25)9-12(19-18(23)27-16)10-22(2)11-15(24)20-13-7-5-6-8-14(13)26-3/h5-9H,4,10-11H2,1-3H3,(H,20,24)/p+1. The van der Waals surface area contributed by atoms with Gasteiger partial charge in [-0.05, 0) is 24.8 Å². The maximum Gasteiger partial charge on any atom is 0.279 e. The molecule has 7 nitrogen and oxygen atoms in total. The molecule has 3 rings (SSSR count). The Hall–Kier alpha value is -2.23. The van der Waals surface area contributed by atoms with Crippen LogP contribution in [-0.2, 0) is 17.8 Å². The van der Waals surface area contributed by atoms with Gasteiger partial charge in [-0.1, -0.05) is 30.4 Å². The maximum atomic E-state index is 12.4. The van der Waals surface area contributed by atoms with E-state index in [1.54, 1.807) is 11.8 Å². The summed E-state index contributed by atoms with van der Waals surface area (Å²) in [7, 11) is 1.91. The fourth-order valence-electron chi connectivity index (χ4n) is 2.72. The Labute approximate surface area is 165 Å². The van der Waals surface area contributed by atoms with E-state index in [2.05, 4.69) is 15.4 Å². The van der Waals surface area contributed by atoms with Crippen LogP contribution in [0.15, 0.2) is 40.0 Å². The number of carbonyl (C=O) groups is 1. The molecule has 2 heterocycles. The summed E-state index contributed by atoms with van der Waals surface area (Å²) < 4.78 is 1.34. The van der Waals surface area contributed by atoms with E-state index in [-0.39, 0.29) is 18.0 Å². The molecule has 0 radical (unpaired) electrons. The molecule has 1 atom stereocenters. The lowest BCUT2D eigenvalue weighted by Crippen LogP contribution is -3.08. The number of benzene rings is 1. The van der Waals surface area contributed by atoms with Gasteiger partial charge in [0.25, 0.3) is 11.5 Å². The lowest BCUT2D eigenvalue weighted by Gasteiger charge is -2.14. The summed E-state index contributed by atoms with van der Waals surface area (Å²) in [4.78, 5) is 31.7. The van der Waals surface area contributed by atoms with Crippen LogP contribution < -0.4 is 15.8 Å². The number of likely N-dealkylation sites (N-methyl/N-ethyl adjacent to an activating group) is 1. The number of amides is 1. The first-order valence-corrected chi connectivity index (χ1v) is 10.7. The minimum Gasteiger partial charge on any atom is -0.325 e. The second-order valence-electron chi connectivity index (χ2n) is 6.19. The third kappa shape index (κ3) is 4.74. The molecule has 9 heteroatoms. The van der Waals surface area contributed by atoms with Crippen LogP contribution in [0.3, 0.4) is 0 Å². The quantitative estimate of drug-likeness (QED) is 0.576. The minimum atomic E-state index is -0.183. The zero-order valence-electron chi connectivity index (χ0n) is 15.5. The SMILES string of the molecule is CCc1nn2c(=O)cc(C[NH+](C)CC(=O)Nc3ccccc3SC)nc2s1. The predicted molar refractivity (Wildman–Crippen MR) is 109 cm³/mol. The molecule has 0 saturated heterocycles. The highest BCUT2D eigenvalue weighted by atomic mass is 32.2. The summed E-state index contributed by atoms with van der Waals surface area (Å²) in [6.45, 7) is 2.77. The first-order chi connectivity index (χ1) is 13.0. The molecule has 1 unspecified atom stereocenters. The highest BCUT2D eigenvalue weighted by molar-refractivity contribution is 7.98. The maximum absolute atomic E-state index is 12.4. The van der Waals surface area contributed by atoms with Crippen LogP contribution >= 0.6 is 23.1 Å². The number of nitrogens with zero attached hydrogens (tertiary/aromatic N) is 3. The number of fused-ring (bicyclic) bond motifs is 1. The summed E-state index contributed by atoms with van der Waals surface area (Å²) in [6.07, 6.45) is 2.75. The average molecular weight is 405 g/mol. The van der Waals surface area contributed by atoms with Gasteiger partial charge in [-0.25, -0.2) is 4.98 Å². The molecule has 0 aliphatic rings. The second kappa shape index (κ2) is 8.64. The van der Waals surface area contributed by atoms with Crippen LogP contribution in [0.25, 0.3) is 4.96 Å². The third-order valence-corrected chi connectivity index (χ3v) is 5.82. The number of aryl methyl sites for hydroxylation is 1. The van der Waals surface area contributed by atoms with Crippen LogP contribution in [0.5, 0.6) is 0 Å². The van der Waals surface area contributed by atoms with Gasteiger partial charge < -0.3 is 10.2 Å². The van der Waals surface area contributed by atoms with Crippen LogP contribution in [0.2, 0.25) is 0 Å². The monoisotopic (exact) mass is 404 g/mol. The normalized spacial score (nSPS) is 12.3. The third-order valence-electron chi connectivity index (χ3n) is 3.97. The molecule has 2 N–H and O–H groups in total. The fraction of sp³-hybridized carbons (Fsp3) is 0.333. The molecular formula is C18H22N5O2S2+. The van der Waals surface area contributed by atoms with Gasteiger partial charge in [-0.15, -0.1) is 11.8 Å². The Bertz CT molecular complexity index is 1010. The molecule has 3 aromatic rings. The number of anilines is 1. The van der Waals surface area contributed by atoms with Gasteiger partial charge in [0, 0.05) is 11.0 Å². The molecule has 2 aromatic heterocycles. The van der Waals surface area contributed by atoms with E-state index in [9.17, 15) is 9.59 Å². The van der Waals surface area contributed by atoms with Crippen LogP contribution in [0, 0.1) is 0 Å². The van der Waals surface area contributed by atoms with E-state index in [0.717, 1.165) is 26.9 Å². The Morgan fingerprint density at radius 2 is 2.15 bits per heavy atom. The summed E-state index contributed by atoms with van der Waals surface area (Å²) in [6, 6.07) is 9.21. The first-order valence-electron chi connectivity index (χ1n) is 8.63. The van der Waals surface area contributed by atoms with Crippen molar-refractivity contribution in [2.75, 3.05) is 25.2 Å². The number of hydrogen-bond acceptors (Lipinski definition) is 6.